The van der Waals surface area contributed by atoms with Gasteiger partial charge in [0.25, 0.3) is 0 Å². The first-order chi connectivity index (χ1) is 19.7. The van der Waals surface area contributed by atoms with E-state index in [9.17, 15) is 0 Å². The fraction of sp³-hybridized carbons (Fsp3) is 0.211. The van der Waals surface area contributed by atoms with Crippen LogP contribution in [0.2, 0.25) is 0 Å². The predicted octanol–water partition coefficient (Wildman–Crippen LogP) is 9.79. The average Bonchev–Trinajstić information content (AvgIpc) is 3.44. The second-order valence-corrected chi connectivity index (χ2v) is 11.3. The molecule has 0 spiro atoms. The molecule has 0 saturated carbocycles. The van der Waals surface area contributed by atoms with E-state index in [2.05, 4.69) is 132 Å². The topological polar surface area (TPSA) is 9.86 Å². The van der Waals surface area contributed by atoms with Gasteiger partial charge in [0, 0.05) is 57.4 Å². The predicted molar refractivity (Wildman–Crippen MR) is 170 cm³/mol. The minimum Gasteiger partial charge on any atom is -0.340 e. The standard InChI is InChI=1S/C38H36N2/c1-27-37(33-21-11-13-23-35(33)39(27)25-29-15-5-3-6-16-29)31-19-9-10-20-32(31)38-28(2)40(26-30-17-7-4-8-18-30)36-24-14-12-22-34(36)38/h3-8,11-18,21-24H,9-10,19-20,25-26H2,1-2H3. The second-order valence-electron chi connectivity index (χ2n) is 11.3. The molecule has 2 heteroatoms. The summed E-state index contributed by atoms with van der Waals surface area (Å²) < 4.78 is 5.07. The maximum atomic E-state index is 2.53. The number of allylic oxidation sites excluding steroid dienone is 2. The molecule has 0 bridgehead atoms. The summed E-state index contributed by atoms with van der Waals surface area (Å²) in [6, 6.07) is 39.8. The van der Waals surface area contributed by atoms with Gasteiger partial charge in [-0.3, -0.25) is 0 Å². The van der Waals surface area contributed by atoms with Crippen LogP contribution in [0.4, 0.5) is 0 Å². The summed E-state index contributed by atoms with van der Waals surface area (Å²) >= 11 is 0. The highest BCUT2D eigenvalue weighted by Crippen LogP contribution is 2.46. The van der Waals surface area contributed by atoms with Crippen LogP contribution in [-0.2, 0) is 13.1 Å². The molecule has 0 aliphatic heterocycles. The summed E-state index contributed by atoms with van der Waals surface area (Å²) in [4.78, 5) is 0. The molecule has 4 aromatic carbocycles. The highest BCUT2D eigenvalue weighted by atomic mass is 15.0. The molecular weight excluding hydrogens is 484 g/mol. The molecule has 0 amide bonds. The van der Waals surface area contributed by atoms with Gasteiger partial charge < -0.3 is 9.13 Å². The lowest BCUT2D eigenvalue weighted by Gasteiger charge is -2.22. The van der Waals surface area contributed by atoms with Crippen LogP contribution in [0.1, 0.15) is 59.3 Å². The van der Waals surface area contributed by atoms with E-state index in [0.29, 0.717) is 0 Å². The van der Waals surface area contributed by atoms with E-state index < -0.39 is 0 Å². The zero-order chi connectivity index (χ0) is 27.1. The van der Waals surface area contributed by atoms with Gasteiger partial charge in [-0.15, -0.1) is 0 Å². The van der Waals surface area contributed by atoms with Crippen molar-refractivity contribution in [3.63, 3.8) is 0 Å². The van der Waals surface area contributed by atoms with Crippen LogP contribution < -0.4 is 0 Å². The molecule has 0 atom stereocenters. The molecule has 198 valence electrons. The number of hydrogen-bond donors (Lipinski definition) is 0. The molecule has 0 radical (unpaired) electrons. The van der Waals surface area contributed by atoms with E-state index in [4.69, 9.17) is 0 Å². The maximum absolute atomic E-state index is 2.53. The van der Waals surface area contributed by atoms with E-state index >= 15 is 0 Å². The minimum atomic E-state index is 0.894. The van der Waals surface area contributed by atoms with Gasteiger partial charge in [0.2, 0.25) is 0 Å². The van der Waals surface area contributed by atoms with Crippen molar-refractivity contribution in [2.24, 2.45) is 0 Å². The van der Waals surface area contributed by atoms with Crippen LogP contribution in [0.25, 0.3) is 33.0 Å². The number of benzene rings is 4. The lowest BCUT2D eigenvalue weighted by molar-refractivity contribution is 0.748. The summed E-state index contributed by atoms with van der Waals surface area (Å²) in [6.45, 7) is 6.46. The van der Waals surface area contributed by atoms with Gasteiger partial charge in [-0.2, -0.15) is 0 Å². The fourth-order valence-electron chi connectivity index (χ4n) is 7.02. The van der Waals surface area contributed by atoms with Gasteiger partial charge in [0.15, 0.2) is 0 Å². The van der Waals surface area contributed by atoms with Gasteiger partial charge in [0.05, 0.1) is 0 Å². The average molecular weight is 521 g/mol. The molecule has 2 nitrogen and oxygen atoms in total. The number of para-hydroxylation sites is 2. The van der Waals surface area contributed by atoms with Crippen molar-refractivity contribution in [2.45, 2.75) is 52.6 Å². The summed E-state index contributed by atoms with van der Waals surface area (Å²) in [7, 11) is 0. The molecule has 0 unspecified atom stereocenters. The normalized spacial score (nSPS) is 13.9. The molecule has 40 heavy (non-hydrogen) atoms. The number of nitrogens with zero attached hydrogens (tertiary/aromatic N) is 2. The Labute approximate surface area is 237 Å². The third-order valence-corrected chi connectivity index (χ3v) is 8.90. The molecule has 1 aliphatic carbocycles. The zero-order valence-electron chi connectivity index (χ0n) is 23.5. The highest BCUT2D eigenvalue weighted by molar-refractivity contribution is 6.07. The second kappa shape index (κ2) is 10.4. The first-order valence-corrected chi connectivity index (χ1v) is 14.7. The molecule has 2 heterocycles. The Hall–Kier alpha value is -4.30. The van der Waals surface area contributed by atoms with Crippen LogP contribution in [0.3, 0.4) is 0 Å². The molecule has 7 rings (SSSR count). The van der Waals surface area contributed by atoms with Gasteiger partial charge in [0.1, 0.15) is 0 Å². The fourth-order valence-corrected chi connectivity index (χ4v) is 7.02. The first kappa shape index (κ1) is 24.7. The van der Waals surface area contributed by atoms with E-state index in [1.807, 2.05) is 0 Å². The van der Waals surface area contributed by atoms with Crippen molar-refractivity contribution in [2.75, 3.05) is 0 Å². The number of rotatable bonds is 6. The van der Waals surface area contributed by atoms with Crippen molar-refractivity contribution in [1.82, 2.24) is 9.13 Å². The summed E-state index contributed by atoms with van der Waals surface area (Å²) in [5, 5.41) is 2.77. The van der Waals surface area contributed by atoms with Crippen molar-refractivity contribution in [3.05, 3.63) is 143 Å². The molecule has 2 aromatic heterocycles. The van der Waals surface area contributed by atoms with Crippen molar-refractivity contribution in [1.29, 1.82) is 0 Å². The van der Waals surface area contributed by atoms with E-state index in [1.54, 1.807) is 11.1 Å². The minimum absolute atomic E-state index is 0.894. The SMILES string of the molecule is Cc1c(C2=C(c3c(C)n(Cc4ccccc4)c4ccccc34)CCCC2)c2ccccc2n1Cc1ccccc1. The van der Waals surface area contributed by atoms with Crippen LogP contribution in [-0.4, -0.2) is 9.13 Å². The lowest BCUT2D eigenvalue weighted by atomic mass is 9.82. The summed E-state index contributed by atoms with van der Waals surface area (Å²) in [5.74, 6) is 0. The number of fused-ring (bicyclic) bond motifs is 2. The Morgan fingerprint density at radius 2 is 0.850 bits per heavy atom. The van der Waals surface area contributed by atoms with E-state index in [0.717, 1.165) is 25.9 Å². The van der Waals surface area contributed by atoms with Crippen LogP contribution >= 0.6 is 0 Å². The molecule has 6 aromatic rings. The molecule has 0 N–H and O–H groups in total. The van der Waals surface area contributed by atoms with E-state index in [-0.39, 0.29) is 0 Å². The molecule has 0 saturated heterocycles. The largest absolute Gasteiger partial charge is 0.340 e. The molecule has 1 aliphatic rings. The highest BCUT2D eigenvalue weighted by Gasteiger charge is 2.26. The number of aromatic nitrogens is 2. The first-order valence-electron chi connectivity index (χ1n) is 14.7. The monoisotopic (exact) mass is 520 g/mol. The van der Waals surface area contributed by atoms with Crippen LogP contribution in [0.5, 0.6) is 0 Å². The smallest absolute Gasteiger partial charge is 0.0491 e. The third-order valence-electron chi connectivity index (χ3n) is 8.90. The van der Waals surface area contributed by atoms with Gasteiger partial charge >= 0.3 is 0 Å². The zero-order valence-corrected chi connectivity index (χ0v) is 23.5. The van der Waals surface area contributed by atoms with Crippen LogP contribution in [0.15, 0.2) is 109 Å². The summed E-state index contributed by atoms with van der Waals surface area (Å²) in [6.07, 6.45) is 4.76. The number of hydrogen-bond acceptors (Lipinski definition) is 0. The Kier molecular flexibility index (Phi) is 6.40. The van der Waals surface area contributed by atoms with E-state index in [1.165, 1.54) is 68.3 Å². The van der Waals surface area contributed by atoms with Crippen molar-refractivity contribution >= 4 is 33.0 Å². The molecular formula is C38H36N2. The Balaban J connectivity index is 1.45. The Morgan fingerprint density at radius 3 is 1.27 bits per heavy atom. The lowest BCUT2D eigenvalue weighted by Crippen LogP contribution is -2.05. The quantitative estimate of drug-likeness (QED) is 0.207. The van der Waals surface area contributed by atoms with Gasteiger partial charge in [-0.25, -0.2) is 0 Å². The van der Waals surface area contributed by atoms with Gasteiger partial charge in [-0.1, -0.05) is 97.1 Å². The van der Waals surface area contributed by atoms with Gasteiger partial charge in [-0.05, 0) is 73.9 Å². The maximum Gasteiger partial charge on any atom is 0.0491 e. The van der Waals surface area contributed by atoms with Crippen LogP contribution in [0, 0.1) is 13.8 Å². The third kappa shape index (κ3) is 4.19. The molecule has 0 fully saturated rings. The van der Waals surface area contributed by atoms with Crippen molar-refractivity contribution < 1.29 is 0 Å². The Morgan fingerprint density at radius 1 is 0.475 bits per heavy atom. The van der Waals surface area contributed by atoms with Crippen molar-refractivity contribution in [3.8, 4) is 0 Å². The summed E-state index contributed by atoms with van der Waals surface area (Å²) in [5.41, 5.74) is 14.1. The Bertz CT molecular complexity index is 1710.